The van der Waals surface area contributed by atoms with E-state index in [0.717, 1.165) is 19.1 Å². The van der Waals surface area contributed by atoms with Crippen LogP contribution >= 0.6 is 0 Å². The summed E-state index contributed by atoms with van der Waals surface area (Å²) in [5.74, 6) is -2.87. The Bertz CT molecular complexity index is 1210. The molecule has 0 aliphatic carbocycles. The highest BCUT2D eigenvalue weighted by Crippen LogP contribution is 2.40. The van der Waals surface area contributed by atoms with E-state index in [1.165, 1.54) is 12.3 Å². The molecule has 0 fully saturated rings. The Kier molecular flexibility index (Phi) is 6.28. The van der Waals surface area contributed by atoms with Gasteiger partial charge in [0.2, 0.25) is 0 Å². The number of pyridine rings is 1. The van der Waals surface area contributed by atoms with E-state index in [1.807, 2.05) is 6.92 Å². The minimum absolute atomic E-state index is 0.0641. The van der Waals surface area contributed by atoms with Gasteiger partial charge in [0.1, 0.15) is 34.7 Å². The minimum atomic E-state index is -4.34. The number of aliphatic imine (C=N–C) groups is 1. The highest BCUT2D eigenvalue weighted by atomic mass is 19.4. The number of aromatic amines is 1. The van der Waals surface area contributed by atoms with Crippen LogP contribution in [0.2, 0.25) is 0 Å². The third-order valence-electron chi connectivity index (χ3n) is 5.61. The lowest BCUT2D eigenvalue weighted by Crippen LogP contribution is -2.36. The van der Waals surface area contributed by atoms with Crippen LogP contribution < -0.4 is 10.2 Å². The van der Waals surface area contributed by atoms with Crippen molar-refractivity contribution in [1.29, 1.82) is 0 Å². The van der Waals surface area contributed by atoms with Crippen molar-refractivity contribution in [3.8, 4) is 11.3 Å². The summed E-state index contributed by atoms with van der Waals surface area (Å²) in [4.78, 5) is 10.4. The van der Waals surface area contributed by atoms with Gasteiger partial charge in [-0.25, -0.2) is 18.8 Å². The standard InChI is InChI=1S/C23H23F5N6/c1-4-8-34(11-12(2)23(26,27)28)18-9-14-17(10-29-18)30-22(19-15(24)6-5-7-16(19)25)31-20-13(3)32-33-21(14)20/h5-7,9-10,12H,4,8,11H2,1-3H3,(H,30,31)(H,32,33). The number of amidine groups is 1. The molecule has 34 heavy (non-hydrogen) atoms. The third kappa shape index (κ3) is 4.46. The largest absolute Gasteiger partial charge is 0.393 e. The number of H-pyrrole nitrogens is 1. The fourth-order valence-corrected chi connectivity index (χ4v) is 3.77. The van der Waals surface area contributed by atoms with E-state index in [9.17, 15) is 22.0 Å². The Balaban J connectivity index is 1.80. The van der Waals surface area contributed by atoms with Gasteiger partial charge in [0.25, 0.3) is 0 Å². The van der Waals surface area contributed by atoms with Gasteiger partial charge in [0, 0.05) is 18.7 Å². The van der Waals surface area contributed by atoms with Crippen molar-refractivity contribution in [2.75, 3.05) is 23.3 Å². The summed E-state index contributed by atoms with van der Waals surface area (Å²) < 4.78 is 68.7. The predicted octanol–water partition coefficient (Wildman–Crippen LogP) is 5.98. The maximum absolute atomic E-state index is 14.5. The van der Waals surface area contributed by atoms with E-state index in [1.54, 1.807) is 17.9 Å². The van der Waals surface area contributed by atoms with Crippen LogP contribution in [0.1, 0.15) is 31.5 Å². The number of anilines is 2. The summed E-state index contributed by atoms with van der Waals surface area (Å²) in [6.07, 6.45) is -2.30. The number of benzene rings is 1. The summed E-state index contributed by atoms with van der Waals surface area (Å²) >= 11 is 0. The normalized spacial score (nSPS) is 13.9. The summed E-state index contributed by atoms with van der Waals surface area (Å²) in [7, 11) is 0. The van der Waals surface area contributed by atoms with Crippen LogP contribution in [-0.2, 0) is 0 Å². The van der Waals surface area contributed by atoms with E-state index >= 15 is 0 Å². The molecule has 2 N–H and O–H groups in total. The zero-order chi connectivity index (χ0) is 24.6. The zero-order valence-corrected chi connectivity index (χ0v) is 18.8. The molecule has 0 saturated carbocycles. The summed E-state index contributed by atoms with van der Waals surface area (Å²) in [5, 5.41) is 10.0. The molecular formula is C23H23F5N6. The van der Waals surface area contributed by atoms with Gasteiger partial charge in [-0.1, -0.05) is 19.9 Å². The Morgan fingerprint density at radius 1 is 1.15 bits per heavy atom. The molecule has 3 aromatic rings. The molecule has 0 bridgehead atoms. The van der Waals surface area contributed by atoms with Crippen LogP contribution in [0, 0.1) is 24.5 Å². The number of halogens is 5. The lowest BCUT2D eigenvalue weighted by Gasteiger charge is -2.28. The second-order valence-electron chi connectivity index (χ2n) is 8.20. The Hall–Kier alpha value is -3.50. The van der Waals surface area contributed by atoms with Crippen molar-refractivity contribution in [1.82, 2.24) is 15.2 Å². The first-order valence-electron chi connectivity index (χ1n) is 10.8. The van der Waals surface area contributed by atoms with Crippen LogP contribution in [-0.4, -0.2) is 40.3 Å². The molecule has 3 heterocycles. The van der Waals surface area contributed by atoms with Crippen LogP contribution in [0.3, 0.4) is 0 Å². The van der Waals surface area contributed by atoms with Crippen molar-refractivity contribution in [3.05, 3.63) is 53.4 Å². The molecule has 11 heteroatoms. The average molecular weight is 478 g/mol. The molecule has 4 rings (SSSR count). The molecule has 0 saturated heterocycles. The van der Waals surface area contributed by atoms with Gasteiger partial charge in [0.15, 0.2) is 0 Å². The average Bonchev–Trinajstić information content (AvgIpc) is 3.04. The lowest BCUT2D eigenvalue weighted by molar-refractivity contribution is -0.166. The number of rotatable bonds is 6. The van der Waals surface area contributed by atoms with Crippen molar-refractivity contribution in [3.63, 3.8) is 0 Å². The molecule has 0 radical (unpaired) electrons. The fraction of sp³-hybridized carbons (Fsp3) is 0.348. The van der Waals surface area contributed by atoms with Gasteiger partial charge in [-0.05, 0) is 31.5 Å². The molecule has 1 atom stereocenters. The van der Waals surface area contributed by atoms with Crippen LogP contribution in [0.4, 0.5) is 39.1 Å². The maximum Gasteiger partial charge on any atom is 0.393 e. The van der Waals surface area contributed by atoms with Crippen LogP contribution in [0.15, 0.2) is 35.5 Å². The number of nitrogens with zero attached hydrogens (tertiary/aromatic N) is 4. The predicted molar refractivity (Wildman–Crippen MR) is 120 cm³/mol. The van der Waals surface area contributed by atoms with Gasteiger partial charge < -0.3 is 10.2 Å². The lowest BCUT2D eigenvalue weighted by atomic mass is 10.1. The number of hydrogen-bond acceptors (Lipinski definition) is 5. The quantitative estimate of drug-likeness (QED) is 0.428. The molecule has 1 unspecified atom stereocenters. The molecular weight excluding hydrogens is 455 g/mol. The molecule has 6 nitrogen and oxygen atoms in total. The molecule has 2 aromatic heterocycles. The Labute approximate surface area is 192 Å². The molecule has 1 aliphatic heterocycles. The van der Waals surface area contributed by atoms with Gasteiger partial charge in [-0.3, -0.25) is 5.10 Å². The smallest absolute Gasteiger partial charge is 0.356 e. The monoisotopic (exact) mass is 478 g/mol. The second-order valence-corrected chi connectivity index (χ2v) is 8.20. The number of aromatic nitrogens is 3. The Morgan fingerprint density at radius 3 is 2.50 bits per heavy atom. The minimum Gasteiger partial charge on any atom is -0.356 e. The van der Waals surface area contributed by atoms with Crippen molar-refractivity contribution < 1.29 is 22.0 Å². The first kappa shape index (κ1) is 23.7. The van der Waals surface area contributed by atoms with E-state index in [0.29, 0.717) is 47.1 Å². The SMILES string of the molecule is CCCN(CC(C)C(F)(F)F)c1cc2c(cn1)NC(c1c(F)cccc1F)=Nc1c-2n[nH]c1C. The first-order valence-corrected chi connectivity index (χ1v) is 10.8. The summed E-state index contributed by atoms with van der Waals surface area (Å²) in [6.45, 7) is 4.83. The summed E-state index contributed by atoms with van der Waals surface area (Å²) in [5.41, 5.74) is 1.87. The van der Waals surface area contributed by atoms with E-state index in [2.05, 4.69) is 25.5 Å². The van der Waals surface area contributed by atoms with Gasteiger partial charge in [-0.2, -0.15) is 18.3 Å². The topological polar surface area (TPSA) is 69.2 Å². The number of alkyl halides is 3. The molecule has 0 amide bonds. The van der Waals surface area contributed by atoms with E-state index in [-0.39, 0.29) is 17.9 Å². The maximum atomic E-state index is 14.5. The second kappa shape index (κ2) is 9.03. The van der Waals surface area contributed by atoms with Crippen LogP contribution in [0.25, 0.3) is 11.3 Å². The Morgan fingerprint density at radius 2 is 1.85 bits per heavy atom. The summed E-state index contributed by atoms with van der Waals surface area (Å²) in [6, 6.07) is 5.13. The van der Waals surface area contributed by atoms with Crippen LogP contribution in [0.5, 0.6) is 0 Å². The third-order valence-corrected chi connectivity index (χ3v) is 5.61. The van der Waals surface area contributed by atoms with Crippen molar-refractivity contribution in [2.24, 2.45) is 10.9 Å². The molecule has 1 aromatic carbocycles. The molecule has 180 valence electrons. The van der Waals surface area contributed by atoms with Gasteiger partial charge >= 0.3 is 6.18 Å². The van der Waals surface area contributed by atoms with E-state index < -0.39 is 23.7 Å². The molecule has 0 spiro atoms. The zero-order valence-electron chi connectivity index (χ0n) is 18.8. The number of hydrogen-bond donors (Lipinski definition) is 2. The highest BCUT2D eigenvalue weighted by Gasteiger charge is 2.37. The fourth-order valence-electron chi connectivity index (χ4n) is 3.77. The van der Waals surface area contributed by atoms with Gasteiger partial charge in [0.05, 0.1) is 29.1 Å². The van der Waals surface area contributed by atoms with Gasteiger partial charge in [-0.15, -0.1) is 0 Å². The van der Waals surface area contributed by atoms with Crippen molar-refractivity contribution in [2.45, 2.75) is 33.4 Å². The number of fused-ring (bicyclic) bond motifs is 3. The van der Waals surface area contributed by atoms with E-state index in [4.69, 9.17) is 0 Å². The highest BCUT2D eigenvalue weighted by molar-refractivity contribution is 6.13. The number of aryl methyl sites for hydroxylation is 1. The van der Waals surface area contributed by atoms with Crippen molar-refractivity contribution >= 4 is 23.0 Å². The first-order chi connectivity index (χ1) is 16.1. The number of nitrogens with one attached hydrogen (secondary N) is 2. The molecule has 1 aliphatic rings.